The molecule has 0 atom stereocenters. The van der Waals surface area contributed by atoms with Crippen LogP contribution in [0.15, 0.2) is 24.3 Å². The molecule has 0 aliphatic heterocycles. The number of fused-ring (bicyclic) bond motifs is 1. The van der Waals surface area contributed by atoms with Crippen LogP contribution >= 0.6 is 0 Å². The Kier molecular flexibility index (Phi) is 1.73. The summed E-state index contributed by atoms with van der Waals surface area (Å²) in [6, 6.07) is 8.37. The molecule has 2 aromatic rings. The van der Waals surface area contributed by atoms with E-state index >= 15 is 0 Å². The number of rotatable bonds is 0. The Balaban J connectivity index is 3.18. The quantitative estimate of drug-likeness (QED) is 0.564. The number of hydrogen-bond acceptors (Lipinski definition) is 0. The highest BCUT2D eigenvalue weighted by atomic mass is 14.9. The van der Waals surface area contributed by atoms with Gasteiger partial charge in [0.05, 0.1) is 0 Å². The molecule has 1 aromatic heterocycles. The van der Waals surface area contributed by atoms with Crippen molar-refractivity contribution in [2.75, 3.05) is 0 Å². The lowest BCUT2D eigenvalue weighted by molar-refractivity contribution is 0.868. The molecule has 2 rings (SSSR count). The molecule has 1 nitrogen and oxygen atoms in total. The fourth-order valence-corrected chi connectivity index (χ4v) is 1.81. The SMILES string of the molecule is C=c1c2ccccc2/c(=C/C)n1C. The van der Waals surface area contributed by atoms with E-state index in [0.717, 1.165) is 5.35 Å². The molecule has 0 saturated carbocycles. The molecule has 0 aliphatic rings. The zero-order valence-electron chi connectivity index (χ0n) is 8.04. The topological polar surface area (TPSA) is 4.93 Å². The van der Waals surface area contributed by atoms with E-state index in [0.29, 0.717) is 0 Å². The third-order valence-corrected chi connectivity index (χ3v) is 2.55. The van der Waals surface area contributed by atoms with Gasteiger partial charge in [-0.25, -0.2) is 0 Å². The van der Waals surface area contributed by atoms with Crippen molar-refractivity contribution < 1.29 is 0 Å². The van der Waals surface area contributed by atoms with E-state index in [2.05, 4.69) is 55.5 Å². The average Bonchev–Trinajstić information content (AvgIpc) is 2.41. The predicted molar refractivity (Wildman–Crippen MR) is 57.8 cm³/mol. The molecule has 0 spiro atoms. The molecule has 13 heavy (non-hydrogen) atoms. The molecule has 0 radical (unpaired) electrons. The Hall–Kier alpha value is -1.50. The van der Waals surface area contributed by atoms with Gasteiger partial charge >= 0.3 is 0 Å². The fraction of sp³-hybridized carbons (Fsp3) is 0.167. The highest BCUT2D eigenvalue weighted by Crippen LogP contribution is 2.03. The van der Waals surface area contributed by atoms with Gasteiger partial charge < -0.3 is 4.57 Å². The molecule has 0 amide bonds. The van der Waals surface area contributed by atoms with E-state index < -0.39 is 0 Å². The summed E-state index contributed by atoms with van der Waals surface area (Å²) in [4.78, 5) is 0. The van der Waals surface area contributed by atoms with Crippen LogP contribution in [0.5, 0.6) is 0 Å². The van der Waals surface area contributed by atoms with Crippen molar-refractivity contribution in [1.29, 1.82) is 0 Å². The lowest BCUT2D eigenvalue weighted by Crippen LogP contribution is -2.21. The third kappa shape index (κ3) is 1.00. The summed E-state index contributed by atoms with van der Waals surface area (Å²) in [7, 11) is 2.05. The zero-order valence-corrected chi connectivity index (χ0v) is 8.04. The smallest absolute Gasteiger partial charge is 0.0445 e. The summed E-state index contributed by atoms with van der Waals surface area (Å²) in [6.07, 6.45) is 2.12. The molecular formula is C12H13N. The summed E-state index contributed by atoms with van der Waals surface area (Å²) in [5.74, 6) is 0. The van der Waals surface area contributed by atoms with Crippen molar-refractivity contribution in [1.82, 2.24) is 4.57 Å². The van der Waals surface area contributed by atoms with E-state index in [4.69, 9.17) is 0 Å². The Labute approximate surface area is 77.6 Å². The first-order chi connectivity index (χ1) is 6.25. The predicted octanol–water partition coefficient (Wildman–Crippen LogP) is 1.39. The Morgan fingerprint density at radius 3 is 2.46 bits per heavy atom. The van der Waals surface area contributed by atoms with Crippen LogP contribution in [0.2, 0.25) is 0 Å². The van der Waals surface area contributed by atoms with Crippen LogP contribution < -0.4 is 10.7 Å². The standard InChI is InChI=1S/C12H13N/c1-4-12-11-8-6-5-7-10(11)9(2)13(12)3/h4-8H,2H2,1,3H3/b12-4-. The first kappa shape index (κ1) is 8.11. The minimum atomic E-state index is 1.09. The first-order valence-corrected chi connectivity index (χ1v) is 4.44. The van der Waals surface area contributed by atoms with Crippen LogP contribution in [0.1, 0.15) is 6.92 Å². The van der Waals surface area contributed by atoms with Gasteiger partial charge in [-0.05, 0) is 6.92 Å². The number of benzene rings is 1. The van der Waals surface area contributed by atoms with Crippen molar-refractivity contribution in [3.63, 3.8) is 0 Å². The molecule has 0 unspecified atom stereocenters. The van der Waals surface area contributed by atoms with Gasteiger partial charge in [-0.15, -0.1) is 0 Å². The van der Waals surface area contributed by atoms with Gasteiger partial charge in [0, 0.05) is 28.5 Å². The van der Waals surface area contributed by atoms with Crippen LogP contribution in [0.3, 0.4) is 0 Å². The summed E-state index contributed by atoms with van der Waals surface area (Å²) >= 11 is 0. The summed E-state index contributed by atoms with van der Waals surface area (Å²) in [6.45, 7) is 6.12. The Morgan fingerprint density at radius 2 is 1.85 bits per heavy atom. The molecule has 1 heterocycles. The minimum absolute atomic E-state index is 1.09. The molecule has 0 aliphatic carbocycles. The molecule has 0 bridgehead atoms. The number of nitrogens with zero attached hydrogens (tertiary/aromatic N) is 1. The van der Waals surface area contributed by atoms with Crippen LogP contribution in [-0.2, 0) is 7.05 Å². The van der Waals surface area contributed by atoms with Crippen molar-refractivity contribution in [3.8, 4) is 0 Å². The lowest BCUT2D eigenvalue weighted by atomic mass is 10.2. The van der Waals surface area contributed by atoms with Gasteiger partial charge in [0.15, 0.2) is 0 Å². The van der Waals surface area contributed by atoms with Gasteiger partial charge in [0.25, 0.3) is 0 Å². The number of aromatic nitrogens is 1. The molecule has 0 saturated heterocycles. The van der Waals surface area contributed by atoms with Crippen molar-refractivity contribution in [2.45, 2.75) is 6.92 Å². The average molecular weight is 171 g/mol. The van der Waals surface area contributed by atoms with Crippen molar-refractivity contribution in [3.05, 3.63) is 35.0 Å². The zero-order chi connectivity index (χ0) is 9.42. The van der Waals surface area contributed by atoms with Gasteiger partial charge in [-0.1, -0.05) is 36.9 Å². The number of hydrogen-bond donors (Lipinski definition) is 0. The summed E-state index contributed by atoms with van der Waals surface area (Å²) in [5, 5.41) is 4.87. The first-order valence-electron chi connectivity index (χ1n) is 4.44. The summed E-state index contributed by atoms with van der Waals surface area (Å²) in [5.41, 5.74) is 0. The molecule has 66 valence electrons. The molecular weight excluding hydrogens is 158 g/mol. The van der Waals surface area contributed by atoms with E-state index in [-0.39, 0.29) is 0 Å². The molecule has 1 aromatic carbocycles. The largest absolute Gasteiger partial charge is 0.344 e. The van der Waals surface area contributed by atoms with E-state index in [9.17, 15) is 0 Å². The van der Waals surface area contributed by atoms with Crippen LogP contribution in [0, 0.1) is 0 Å². The molecule has 1 heteroatoms. The summed E-state index contributed by atoms with van der Waals surface area (Å²) < 4.78 is 2.13. The van der Waals surface area contributed by atoms with Crippen molar-refractivity contribution >= 4 is 23.4 Å². The maximum absolute atomic E-state index is 4.06. The third-order valence-electron chi connectivity index (χ3n) is 2.55. The van der Waals surface area contributed by atoms with Crippen LogP contribution in [-0.4, -0.2) is 4.57 Å². The van der Waals surface area contributed by atoms with Crippen LogP contribution in [0.25, 0.3) is 23.4 Å². The Bertz CT molecular complexity index is 546. The monoisotopic (exact) mass is 171 g/mol. The molecule has 0 N–H and O–H groups in total. The van der Waals surface area contributed by atoms with E-state index in [1.165, 1.54) is 16.1 Å². The van der Waals surface area contributed by atoms with Gasteiger partial charge in [-0.2, -0.15) is 0 Å². The minimum Gasteiger partial charge on any atom is -0.344 e. The van der Waals surface area contributed by atoms with Crippen LogP contribution in [0.4, 0.5) is 0 Å². The second-order valence-electron chi connectivity index (χ2n) is 3.23. The van der Waals surface area contributed by atoms with Gasteiger partial charge in [0.2, 0.25) is 0 Å². The fourth-order valence-electron chi connectivity index (χ4n) is 1.81. The second-order valence-corrected chi connectivity index (χ2v) is 3.23. The highest BCUT2D eigenvalue weighted by molar-refractivity contribution is 5.83. The lowest BCUT2D eigenvalue weighted by Gasteiger charge is -1.89. The normalized spacial score (nSPS) is 12.6. The van der Waals surface area contributed by atoms with Crippen molar-refractivity contribution in [2.24, 2.45) is 7.05 Å². The molecule has 0 fully saturated rings. The highest BCUT2D eigenvalue weighted by Gasteiger charge is 1.99. The maximum Gasteiger partial charge on any atom is 0.0445 e. The van der Waals surface area contributed by atoms with E-state index in [1.807, 2.05) is 0 Å². The second kappa shape index (κ2) is 2.77. The Morgan fingerprint density at radius 1 is 1.23 bits per heavy atom. The van der Waals surface area contributed by atoms with Gasteiger partial charge in [-0.3, -0.25) is 0 Å². The van der Waals surface area contributed by atoms with E-state index in [1.54, 1.807) is 0 Å². The maximum atomic E-state index is 4.06. The van der Waals surface area contributed by atoms with Gasteiger partial charge in [0.1, 0.15) is 0 Å².